The van der Waals surface area contributed by atoms with E-state index in [2.05, 4.69) is 15.9 Å². The van der Waals surface area contributed by atoms with Gasteiger partial charge in [0, 0.05) is 15.6 Å². The first-order valence-corrected chi connectivity index (χ1v) is 5.73. The summed E-state index contributed by atoms with van der Waals surface area (Å²) in [6.45, 7) is 0. The normalized spacial score (nSPS) is 9.67. The van der Waals surface area contributed by atoms with Crippen molar-refractivity contribution in [3.8, 4) is 0 Å². The minimum Gasteiger partial charge on any atom is -0.397 e. The smallest absolute Gasteiger partial charge is 0.195 e. The van der Waals surface area contributed by atoms with Crippen molar-refractivity contribution in [3.05, 3.63) is 63.9 Å². The summed E-state index contributed by atoms with van der Waals surface area (Å²) in [7, 11) is 0. The van der Waals surface area contributed by atoms with Gasteiger partial charge in [-0.15, -0.1) is 17.0 Å². The van der Waals surface area contributed by atoms with Gasteiger partial charge in [-0.25, -0.2) is 4.39 Å². The molecule has 0 heterocycles. The van der Waals surface area contributed by atoms with Crippen molar-refractivity contribution < 1.29 is 9.18 Å². The molecule has 0 aliphatic rings. The van der Waals surface area contributed by atoms with Crippen LogP contribution < -0.4 is 5.73 Å². The van der Waals surface area contributed by atoms with E-state index in [9.17, 15) is 9.18 Å². The van der Waals surface area contributed by atoms with Crippen molar-refractivity contribution in [3.63, 3.8) is 0 Å². The fourth-order valence-electron chi connectivity index (χ4n) is 1.52. The zero-order chi connectivity index (χ0) is 12.4. The van der Waals surface area contributed by atoms with Crippen molar-refractivity contribution in [1.82, 2.24) is 0 Å². The molecular formula is C13H10Br2FNO. The lowest BCUT2D eigenvalue weighted by Gasteiger charge is -2.07. The summed E-state index contributed by atoms with van der Waals surface area (Å²) in [5.74, 6) is -0.784. The second kappa shape index (κ2) is 6.11. The highest BCUT2D eigenvalue weighted by Crippen LogP contribution is 2.26. The summed E-state index contributed by atoms with van der Waals surface area (Å²) < 4.78 is 13.6. The molecular weight excluding hydrogens is 365 g/mol. The highest BCUT2D eigenvalue weighted by molar-refractivity contribution is 9.10. The Hall–Kier alpha value is -1.20. The Morgan fingerprint density at radius 1 is 1.17 bits per heavy atom. The average Bonchev–Trinajstić information content (AvgIpc) is 2.34. The van der Waals surface area contributed by atoms with Gasteiger partial charge in [0.15, 0.2) is 5.78 Å². The van der Waals surface area contributed by atoms with Gasteiger partial charge in [-0.05, 0) is 28.1 Å². The van der Waals surface area contributed by atoms with Crippen LogP contribution in [0.25, 0.3) is 0 Å². The highest BCUT2D eigenvalue weighted by Gasteiger charge is 2.15. The fraction of sp³-hybridized carbons (Fsp3) is 0. The third-order valence-electron chi connectivity index (χ3n) is 2.37. The lowest BCUT2D eigenvalue weighted by Crippen LogP contribution is -2.06. The number of nitrogen functional groups attached to an aromatic ring is 1. The van der Waals surface area contributed by atoms with Gasteiger partial charge in [0.05, 0.1) is 5.69 Å². The van der Waals surface area contributed by atoms with E-state index in [1.165, 1.54) is 6.07 Å². The quantitative estimate of drug-likeness (QED) is 0.638. The molecule has 5 heteroatoms. The Morgan fingerprint density at radius 2 is 1.78 bits per heavy atom. The molecule has 0 aromatic heterocycles. The largest absolute Gasteiger partial charge is 0.397 e. The van der Waals surface area contributed by atoms with Crippen molar-refractivity contribution in [2.45, 2.75) is 0 Å². The molecule has 0 fully saturated rings. The van der Waals surface area contributed by atoms with E-state index in [-0.39, 0.29) is 34.0 Å². The van der Waals surface area contributed by atoms with E-state index in [1.54, 1.807) is 24.3 Å². The number of nitrogens with two attached hydrogens (primary N) is 1. The molecule has 2 rings (SSSR count). The Balaban J connectivity index is 0.00000162. The standard InChI is InChI=1S/C13H9BrFNO.BrH/c14-11-7-9(15)6-10(12(11)16)13(17)8-4-2-1-3-5-8;/h1-7H,16H2;1H. The average molecular weight is 375 g/mol. The van der Waals surface area contributed by atoms with E-state index in [1.807, 2.05) is 6.07 Å². The first-order chi connectivity index (χ1) is 8.09. The van der Waals surface area contributed by atoms with E-state index in [0.717, 1.165) is 6.07 Å². The number of carbonyl (C=O) groups excluding carboxylic acids is 1. The van der Waals surface area contributed by atoms with Crippen LogP contribution >= 0.6 is 32.9 Å². The Bertz CT molecular complexity index is 573. The molecule has 0 saturated heterocycles. The van der Waals surface area contributed by atoms with Crippen molar-refractivity contribution >= 4 is 44.4 Å². The topological polar surface area (TPSA) is 43.1 Å². The Kier molecular flexibility index (Phi) is 5.04. The van der Waals surface area contributed by atoms with Crippen LogP contribution in [0.3, 0.4) is 0 Å². The zero-order valence-corrected chi connectivity index (χ0v) is 12.5. The molecule has 0 saturated carbocycles. The van der Waals surface area contributed by atoms with Crippen LogP contribution in [0.2, 0.25) is 0 Å². The number of ketones is 1. The van der Waals surface area contributed by atoms with Crippen LogP contribution in [0.4, 0.5) is 10.1 Å². The maximum Gasteiger partial charge on any atom is 0.195 e. The highest BCUT2D eigenvalue weighted by atomic mass is 79.9. The predicted molar refractivity (Wildman–Crippen MR) is 78.7 cm³/mol. The fourth-order valence-corrected chi connectivity index (χ4v) is 1.95. The minimum absolute atomic E-state index is 0. The van der Waals surface area contributed by atoms with E-state index in [0.29, 0.717) is 10.0 Å². The SMILES string of the molecule is Br.Nc1c(Br)cc(F)cc1C(=O)c1ccccc1. The minimum atomic E-state index is -0.495. The third-order valence-corrected chi connectivity index (χ3v) is 3.03. The first-order valence-electron chi connectivity index (χ1n) is 4.94. The molecule has 18 heavy (non-hydrogen) atoms. The van der Waals surface area contributed by atoms with Gasteiger partial charge in [-0.3, -0.25) is 4.79 Å². The number of anilines is 1. The van der Waals surface area contributed by atoms with Crippen LogP contribution in [0, 0.1) is 5.82 Å². The molecule has 0 radical (unpaired) electrons. The first kappa shape index (κ1) is 14.9. The lowest BCUT2D eigenvalue weighted by molar-refractivity contribution is 0.103. The van der Waals surface area contributed by atoms with Crippen molar-refractivity contribution in [1.29, 1.82) is 0 Å². The summed E-state index contributed by atoms with van der Waals surface area (Å²) in [6.07, 6.45) is 0. The molecule has 0 atom stereocenters. The summed E-state index contributed by atoms with van der Waals surface area (Å²) in [5, 5.41) is 0. The second-order valence-corrected chi connectivity index (χ2v) is 4.40. The molecule has 0 unspecified atom stereocenters. The van der Waals surface area contributed by atoms with Gasteiger partial charge in [-0.1, -0.05) is 30.3 Å². The molecule has 0 bridgehead atoms. The van der Waals surface area contributed by atoms with E-state index < -0.39 is 5.82 Å². The molecule has 0 aliphatic carbocycles. The second-order valence-electron chi connectivity index (χ2n) is 3.54. The molecule has 2 N–H and O–H groups in total. The molecule has 0 aliphatic heterocycles. The molecule has 2 aromatic carbocycles. The Morgan fingerprint density at radius 3 is 2.39 bits per heavy atom. The van der Waals surface area contributed by atoms with Crippen LogP contribution in [0.1, 0.15) is 15.9 Å². The molecule has 0 amide bonds. The number of rotatable bonds is 2. The van der Waals surface area contributed by atoms with Gasteiger partial charge >= 0.3 is 0 Å². The third kappa shape index (κ3) is 2.97. The number of benzene rings is 2. The number of halogens is 3. The van der Waals surface area contributed by atoms with E-state index >= 15 is 0 Å². The van der Waals surface area contributed by atoms with Gasteiger partial charge in [0.1, 0.15) is 5.82 Å². The van der Waals surface area contributed by atoms with Crippen LogP contribution in [-0.2, 0) is 0 Å². The zero-order valence-electron chi connectivity index (χ0n) is 9.19. The predicted octanol–water partition coefficient (Wildman–Crippen LogP) is 3.98. The van der Waals surface area contributed by atoms with Gasteiger partial charge in [0.25, 0.3) is 0 Å². The Labute approximate surface area is 123 Å². The summed E-state index contributed by atoms with van der Waals surface area (Å²) in [5.41, 5.74) is 6.66. The maximum atomic E-state index is 13.2. The lowest BCUT2D eigenvalue weighted by atomic mass is 10.0. The van der Waals surface area contributed by atoms with Crippen LogP contribution in [-0.4, -0.2) is 5.78 Å². The van der Waals surface area contributed by atoms with Crippen molar-refractivity contribution in [2.75, 3.05) is 5.73 Å². The number of hydrogen-bond donors (Lipinski definition) is 1. The van der Waals surface area contributed by atoms with Gasteiger partial charge in [-0.2, -0.15) is 0 Å². The molecule has 2 nitrogen and oxygen atoms in total. The van der Waals surface area contributed by atoms with Gasteiger partial charge < -0.3 is 5.73 Å². The summed E-state index contributed by atoms with van der Waals surface area (Å²) in [6, 6.07) is 11.0. The summed E-state index contributed by atoms with van der Waals surface area (Å²) >= 11 is 3.12. The van der Waals surface area contributed by atoms with E-state index in [4.69, 9.17) is 5.73 Å². The maximum absolute atomic E-state index is 13.2. The molecule has 94 valence electrons. The monoisotopic (exact) mass is 373 g/mol. The molecule has 2 aromatic rings. The van der Waals surface area contributed by atoms with Crippen molar-refractivity contribution in [2.24, 2.45) is 0 Å². The van der Waals surface area contributed by atoms with Crippen LogP contribution in [0.15, 0.2) is 46.9 Å². The number of carbonyl (C=O) groups is 1. The van der Waals surface area contributed by atoms with Gasteiger partial charge in [0.2, 0.25) is 0 Å². The number of hydrogen-bond acceptors (Lipinski definition) is 2. The van der Waals surface area contributed by atoms with Crippen LogP contribution in [0.5, 0.6) is 0 Å². The summed E-state index contributed by atoms with van der Waals surface area (Å²) in [4.78, 5) is 12.1. The molecule has 0 spiro atoms.